The maximum absolute atomic E-state index is 5.83. The topological polar surface area (TPSA) is 30.5 Å². The summed E-state index contributed by atoms with van der Waals surface area (Å²) in [5, 5.41) is 4.01. The molecule has 1 N–H and O–H groups in total. The highest BCUT2D eigenvalue weighted by molar-refractivity contribution is 6.67. The summed E-state index contributed by atoms with van der Waals surface area (Å²) in [6.45, 7) is 2.64. The quantitative estimate of drug-likeness (QED) is 0.542. The van der Waals surface area contributed by atoms with Crippen molar-refractivity contribution < 1.29 is 9.47 Å². The van der Waals surface area contributed by atoms with Gasteiger partial charge in [-0.25, -0.2) is 0 Å². The molecule has 0 radical (unpaired) electrons. The molecule has 3 nitrogen and oxygen atoms in total. The van der Waals surface area contributed by atoms with E-state index in [9.17, 15) is 0 Å². The lowest BCUT2D eigenvalue weighted by atomic mass is 9.25. The molecule has 0 fully saturated rings. The van der Waals surface area contributed by atoms with E-state index in [4.69, 9.17) is 9.47 Å². The summed E-state index contributed by atoms with van der Waals surface area (Å²) in [4.78, 5) is 0. The average Bonchev–Trinajstić information content (AvgIpc) is 2.92. The van der Waals surface area contributed by atoms with E-state index in [-0.39, 0.29) is 21.1 Å². The first kappa shape index (κ1) is 21.8. The molecule has 2 rings (SSSR count). The molecule has 0 saturated heterocycles. The third kappa shape index (κ3) is 3.36. The van der Waals surface area contributed by atoms with Gasteiger partial charge in [-0.3, -0.25) is 0 Å². The molecule has 14 heteroatoms. The van der Waals surface area contributed by atoms with Crippen LogP contribution in [0.2, 0.25) is 5.11 Å². The van der Waals surface area contributed by atoms with Gasteiger partial charge in [-0.1, -0.05) is 28.5 Å². The summed E-state index contributed by atoms with van der Waals surface area (Å²) in [6.07, 6.45) is 0. The second-order valence-corrected chi connectivity index (χ2v) is 10.6. The molecule has 126 valence electrons. The molecule has 1 atom stereocenters. The molecule has 0 bridgehead atoms. The van der Waals surface area contributed by atoms with E-state index in [0.717, 1.165) is 11.5 Å². The molecule has 1 heterocycles. The van der Waals surface area contributed by atoms with Crippen LogP contribution in [0.1, 0.15) is 12.5 Å². The molecule has 1 aliphatic rings. The van der Waals surface area contributed by atoms with E-state index in [2.05, 4.69) is 98.5 Å². The number of ether oxygens (including phenoxy) is 2. The largest absolute Gasteiger partial charge is 0.454 e. The fourth-order valence-electron chi connectivity index (χ4n) is 3.96. The fraction of sp³-hybridized carbons (Fsp3) is 0.500. The zero-order valence-electron chi connectivity index (χ0n) is 19.0. The second-order valence-electron chi connectivity index (χ2n) is 10.6. The Hall–Kier alpha value is -0.506. The van der Waals surface area contributed by atoms with Gasteiger partial charge >= 0.3 is 0 Å². The highest BCUT2D eigenvalue weighted by Gasteiger charge is 2.45. The number of nitrogens with one attached hydrogen (secondary N) is 1. The van der Waals surface area contributed by atoms with Crippen molar-refractivity contribution in [1.29, 1.82) is 0 Å². The lowest BCUT2D eigenvalue weighted by molar-refractivity contribution is 0.175. The summed E-state index contributed by atoms with van der Waals surface area (Å²) in [5.74, 6) is 1.84. The maximum atomic E-state index is 5.83. The summed E-state index contributed by atoms with van der Waals surface area (Å²) in [5.41, 5.74) is 4.94. The minimum absolute atomic E-state index is 0.0129. The first-order chi connectivity index (χ1) is 11.5. The van der Waals surface area contributed by atoms with E-state index in [1.165, 1.54) is 22.0 Å². The third-order valence-electron chi connectivity index (χ3n) is 7.29. The highest BCUT2D eigenvalue weighted by atomic mass is 16.7. The third-order valence-corrected chi connectivity index (χ3v) is 7.29. The first-order valence-corrected chi connectivity index (χ1v) is 9.74. The van der Waals surface area contributed by atoms with Crippen molar-refractivity contribution in [2.45, 2.75) is 28.0 Å². The Morgan fingerprint density at radius 1 is 0.769 bits per heavy atom. The molecule has 0 aliphatic carbocycles. The SMILES string of the molecule is Bc1c(B)c(C(B)(B)C(B)(C)NC(B)(B)C(B)(B)B)c(B)c2c1OCO2. The number of fused-ring (bicyclic) bond motifs is 1. The van der Waals surface area contributed by atoms with Gasteiger partial charge in [-0.05, 0) is 16.4 Å². The predicted octanol–water partition coefficient (Wildman–Crippen LogP) is -11.6. The standard InChI is InChI=1S/C12H28B11NO2/c1-9(16,24-12(22,23)11(19,20)21)10(17,18)3-4(13)6(15)8-7(5(3)14)25-2-26-8/h24H,2,13-23H2,1H3. The molecular weight excluding hydrogens is 309 g/mol. The molecule has 0 saturated carbocycles. The van der Waals surface area contributed by atoms with Gasteiger partial charge in [0.1, 0.15) is 62.8 Å². The summed E-state index contributed by atoms with van der Waals surface area (Å²) >= 11 is 0. The van der Waals surface area contributed by atoms with Gasteiger partial charge in [0.25, 0.3) is 0 Å². The smallest absolute Gasteiger partial charge is 0.231 e. The van der Waals surface area contributed by atoms with Crippen LogP contribution < -0.4 is 31.2 Å². The Morgan fingerprint density at radius 2 is 1.23 bits per heavy atom. The molecule has 26 heavy (non-hydrogen) atoms. The summed E-state index contributed by atoms with van der Waals surface area (Å²) in [7, 11) is 25.0. The lowest BCUT2D eigenvalue weighted by Crippen LogP contribution is -2.72. The van der Waals surface area contributed by atoms with Crippen LogP contribution in [0.5, 0.6) is 11.5 Å². The van der Waals surface area contributed by atoms with Crippen LogP contribution in [0.15, 0.2) is 0 Å². The normalized spacial score (nSPS) is 17.0. The Bertz CT molecular complexity index is 729. The van der Waals surface area contributed by atoms with Gasteiger partial charge in [-0.15, -0.1) is 5.11 Å². The zero-order valence-corrected chi connectivity index (χ0v) is 19.0. The van der Waals surface area contributed by atoms with Crippen molar-refractivity contribution in [2.75, 3.05) is 6.79 Å². The lowest BCUT2D eigenvalue weighted by Gasteiger charge is -2.54. The van der Waals surface area contributed by atoms with Crippen LogP contribution in [0.4, 0.5) is 0 Å². The van der Waals surface area contributed by atoms with E-state index in [1.54, 1.807) is 0 Å². The number of rotatable bonds is 5. The number of hydrogen-bond donors (Lipinski definition) is 1. The fourth-order valence-corrected chi connectivity index (χ4v) is 3.96. The number of hydrogen-bond acceptors (Lipinski definition) is 3. The number of benzene rings is 1. The maximum Gasteiger partial charge on any atom is 0.231 e. The minimum atomic E-state index is -0.126. The van der Waals surface area contributed by atoms with Crippen molar-refractivity contribution >= 4 is 103 Å². The van der Waals surface area contributed by atoms with Crippen molar-refractivity contribution in [2.24, 2.45) is 0 Å². The molecular formula is C12H28B11NO2. The second kappa shape index (κ2) is 6.53. The summed E-state index contributed by atoms with van der Waals surface area (Å²) in [6, 6.07) is 0. The molecule has 0 amide bonds. The van der Waals surface area contributed by atoms with Crippen molar-refractivity contribution in [3.63, 3.8) is 0 Å². The molecule has 0 spiro atoms. The monoisotopic (exact) mass is 339 g/mol. The molecule has 1 unspecified atom stereocenters. The van der Waals surface area contributed by atoms with E-state index in [0.29, 0.717) is 6.79 Å². The van der Waals surface area contributed by atoms with Gasteiger partial charge in [0.2, 0.25) is 6.79 Å². The molecule has 1 aromatic carbocycles. The van der Waals surface area contributed by atoms with Crippen molar-refractivity contribution in [3.05, 3.63) is 5.56 Å². The molecule has 1 aromatic rings. The molecule has 1 aliphatic heterocycles. The van der Waals surface area contributed by atoms with Crippen molar-refractivity contribution in [3.8, 4) is 11.5 Å². The van der Waals surface area contributed by atoms with Crippen LogP contribution in [0.3, 0.4) is 0 Å². The minimum Gasteiger partial charge on any atom is -0.454 e. The molecule has 0 aromatic heterocycles. The first-order valence-electron chi connectivity index (χ1n) is 9.74. The van der Waals surface area contributed by atoms with E-state index < -0.39 is 0 Å². The van der Waals surface area contributed by atoms with E-state index >= 15 is 0 Å². The van der Waals surface area contributed by atoms with Crippen LogP contribution in [-0.2, 0) is 5.21 Å². The Balaban J connectivity index is 2.59. The Labute approximate surface area is 169 Å². The van der Waals surface area contributed by atoms with Gasteiger partial charge in [0, 0.05) is 0 Å². The van der Waals surface area contributed by atoms with E-state index in [1.807, 2.05) is 0 Å². The highest BCUT2D eigenvalue weighted by Crippen LogP contribution is 2.34. The Morgan fingerprint density at radius 3 is 1.69 bits per heavy atom. The summed E-state index contributed by atoms with van der Waals surface area (Å²) < 4.78 is 11.6. The van der Waals surface area contributed by atoms with Gasteiger partial charge < -0.3 is 14.8 Å². The van der Waals surface area contributed by atoms with Crippen LogP contribution in [0, 0.1) is 0 Å². The predicted molar refractivity (Wildman–Crippen MR) is 144 cm³/mol. The van der Waals surface area contributed by atoms with Gasteiger partial charge in [0.15, 0.2) is 11.5 Å². The average molecular weight is 337 g/mol. The van der Waals surface area contributed by atoms with Gasteiger partial charge in [-0.2, -0.15) is 0 Å². The van der Waals surface area contributed by atoms with Crippen molar-refractivity contribution in [1.82, 2.24) is 5.32 Å². The van der Waals surface area contributed by atoms with Crippen LogP contribution >= 0.6 is 0 Å². The van der Waals surface area contributed by atoms with Crippen LogP contribution in [0.25, 0.3) is 0 Å². The van der Waals surface area contributed by atoms with Gasteiger partial charge in [0.05, 0.1) is 23.5 Å². The zero-order chi connectivity index (χ0) is 20.3. The Kier molecular flexibility index (Phi) is 5.47. The van der Waals surface area contributed by atoms with Crippen LogP contribution in [-0.4, -0.2) is 104 Å².